The molecular formula is C19H21N5OS2. The summed E-state index contributed by atoms with van der Waals surface area (Å²) in [5, 5.41) is 14.6. The normalized spacial score (nSPS) is 12.0. The number of nitrogens with zero attached hydrogens (tertiary/aromatic N) is 3. The number of rotatable bonds is 7. The van der Waals surface area contributed by atoms with Crippen LogP contribution in [0.2, 0.25) is 0 Å². The van der Waals surface area contributed by atoms with Crippen LogP contribution in [0.15, 0.2) is 53.0 Å². The number of aromatic nitrogens is 3. The minimum absolute atomic E-state index is 0.108. The van der Waals surface area contributed by atoms with Crippen molar-refractivity contribution < 1.29 is 4.79 Å². The molecule has 0 radical (unpaired) electrons. The number of carbonyl (C=O) groups excluding carboxylic acids is 1. The quantitative estimate of drug-likeness (QED) is 0.552. The number of amides is 1. The Kier molecular flexibility index (Phi) is 6.41. The van der Waals surface area contributed by atoms with Crippen LogP contribution in [-0.4, -0.2) is 26.3 Å². The maximum absolute atomic E-state index is 12.1. The first-order chi connectivity index (χ1) is 13.0. The van der Waals surface area contributed by atoms with Crippen molar-refractivity contribution in [3.63, 3.8) is 0 Å². The van der Waals surface area contributed by atoms with E-state index in [1.54, 1.807) is 23.8 Å². The predicted molar refractivity (Wildman–Crippen MR) is 112 cm³/mol. The van der Waals surface area contributed by atoms with E-state index < -0.39 is 0 Å². The molecule has 1 aromatic carbocycles. The van der Waals surface area contributed by atoms with Gasteiger partial charge in [0.25, 0.3) is 5.91 Å². The molecular weight excluding hydrogens is 378 g/mol. The number of carbonyl (C=O) groups is 1. The summed E-state index contributed by atoms with van der Waals surface area (Å²) >= 11 is 3.12. The number of anilines is 2. The summed E-state index contributed by atoms with van der Waals surface area (Å²) in [5.41, 5.74) is 3.22. The molecule has 2 aromatic heterocycles. The molecule has 0 aliphatic carbocycles. The lowest BCUT2D eigenvalue weighted by atomic mass is 10.1. The summed E-state index contributed by atoms with van der Waals surface area (Å²) in [5.74, 6) is 0.465. The average Bonchev–Trinajstić information content (AvgIpc) is 3.15. The number of hydrogen-bond donors (Lipinski definition) is 2. The number of benzene rings is 1. The summed E-state index contributed by atoms with van der Waals surface area (Å²) in [6, 6.07) is 12.2. The fourth-order valence-electron chi connectivity index (χ4n) is 2.42. The highest BCUT2D eigenvalue weighted by molar-refractivity contribution is 7.99. The molecule has 3 rings (SSSR count). The first kappa shape index (κ1) is 19.3. The summed E-state index contributed by atoms with van der Waals surface area (Å²) in [6.45, 7) is 6.46. The molecule has 0 bridgehead atoms. The van der Waals surface area contributed by atoms with Crippen LogP contribution in [0.3, 0.4) is 0 Å². The van der Waals surface area contributed by atoms with Gasteiger partial charge in [-0.15, -0.1) is 22.0 Å². The Morgan fingerprint density at radius 2 is 1.89 bits per heavy atom. The molecule has 3 aromatic rings. The van der Waals surface area contributed by atoms with Gasteiger partial charge in [0.15, 0.2) is 0 Å². The Hall–Kier alpha value is -2.45. The fraction of sp³-hybridized carbons (Fsp3) is 0.263. The van der Waals surface area contributed by atoms with Crippen molar-refractivity contribution in [2.75, 3.05) is 10.6 Å². The smallest absolute Gasteiger partial charge is 0.259 e. The topological polar surface area (TPSA) is 79.8 Å². The van der Waals surface area contributed by atoms with E-state index in [-0.39, 0.29) is 11.9 Å². The first-order valence-corrected chi connectivity index (χ1v) is 10.3. The summed E-state index contributed by atoms with van der Waals surface area (Å²) in [6.07, 6.45) is 1.55. The molecule has 0 saturated carbocycles. The van der Waals surface area contributed by atoms with Gasteiger partial charge in [0.1, 0.15) is 11.3 Å². The van der Waals surface area contributed by atoms with Crippen LogP contribution >= 0.6 is 23.1 Å². The highest BCUT2D eigenvalue weighted by Gasteiger charge is 2.10. The van der Waals surface area contributed by atoms with Crippen molar-refractivity contribution in [2.24, 2.45) is 0 Å². The lowest BCUT2D eigenvalue weighted by Gasteiger charge is -2.16. The third-order valence-electron chi connectivity index (χ3n) is 3.72. The van der Waals surface area contributed by atoms with Crippen LogP contribution < -0.4 is 10.6 Å². The van der Waals surface area contributed by atoms with Gasteiger partial charge < -0.3 is 5.32 Å². The average molecular weight is 400 g/mol. The molecule has 140 valence electrons. The Labute approximate surface area is 166 Å². The fourth-order valence-corrected chi connectivity index (χ4v) is 3.70. The van der Waals surface area contributed by atoms with Crippen molar-refractivity contribution >= 4 is 40.0 Å². The van der Waals surface area contributed by atoms with E-state index in [0.717, 1.165) is 5.82 Å². The van der Waals surface area contributed by atoms with Gasteiger partial charge >= 0.3 is 0 Å². The molecule has 6 nitrogen and oxygen atoms in total. The molecule has 27 heavy (non-hydrogen) atoms. The second-order valence-electron chi connectivity index (χ2n) is 6.23. The van der Waals surface area contributed by atoms with Gasteiger partial charge in [-0.25, -0.2) is 4.98 Å². The molecule has 0 fully saturated rings. The predicted octanol–water partition coefficient (Wildman–Crippen LogP) is 4.86. The summed E-state index contributed by atoms with van der Waals surface area (Å²) < 4.78 is 0. The molecule has 1 atom stereocenters. The van der Waals surface area contributed by atoms with Crippen LogP contribution in [0, 0.1) is 0 Å². The SMILES string of the molecule is CC(C)Sc1ccc(C(C)Nc2ccc(C(=O)Nc3nncs3)cn2)cc1. The van der Waals surface area contributed by atoms with Crippen molar-refractivity contribution in [2.45, 2.75) is 37.0 Å². The highest BCUT2D eigenvalue weighted by Crippen LogP contribution is 2.25. The van der Waals surface area contributed by atoms with E-state index in [9.17, 15) is 4.79 Å². The van der Waals surface area contributed by atoms with E-state index in [2.05, 4.69) is 70.9 Å². The maximum atomic E-state index is 12.1. The van der Waals surface area contributed by atoms with Gasteiger partial charge in [-0.3, -0.25) is 10.1 Å². The van der Waals surface area contributed by atoms with Crippen molar-refractivity contribution in [3.05, 3.63) is 59.2 Å². The Morgan fingerprint density at radius 3 is 2.48 bits per heavy atom. The zero-order valence-corrected chi connectivity index (χ0v) is 17.0. The third-order valence-corrected chi connectivity index (χ3v) is 5.34. The number of thioether (sulfide) groups is 1. The number of nitrogens with one attached hydrogen (secondary N) is 2. The minimum Gasteiger partial charge on any atom is -0.364 e. The zero-order chi connectivity index (χ0) is 19.2. The van der Waals surface area contributed by atoms with E-state index >= 15 is 0 Å². The summed E-state index contributed by atoms with van der Waals surface area (Å²) in [4.78, 5) is 17.8. The lowest BCUT2D eigenvalue weighted by molar-refractivity contribution is 0.102. The van der Waals surface area contributed by atoms with Gasteiger partial charge in [-0.1, -0.05) is 37.3 Å². The van der Waals surface area contributed by atoms with E-state index in [4.69, 9.17) is 0 Å². The van der Waals surface area contributed by atoms with Gasteiger partial charge in [-0.2, -0.15) is 0 Å². The van der Waals surface area contributed by atoms with E-state index in [1.807, 2.05) is 11.8 Å². The molecule has 0 spiro atoms. The van der Waals surface area contributed by atoms with Crippen molar-refractivity contribution in [3.8, 4) is 0 Å². The Balaban J connectivity index is 1.59. The van der Waals surface area contributed by atoms with Crippen molar-refractivity contribution in [1.82, 2.24) is 15.2 Å². The molecule has 0 aliphatic heterocycles. The third kappa shape index (κ3) is 5.51. The Bertz CT molecular complexity index is 864. The lowest BCUT2D eigenvalue weighted by Crippen LogP contribution is -2.13. The minimum atomic E-state index is -0.253. The van der Waals surface area contributed by atoms with Crippen LogP contribution in [0.25, 0.3) is 0 Å². The monoisotopic (exact) mass is 399 g/mol. The van der Waals surface area contributed by atoms with E-state index in [1.165, 1.54) is 21.8 Å². The molecule has 0 saturated heterocycles. The van der Waals surface area contributed by atoms with Crippen molar-refractivity contribution in [1.29, 1.82) is 0 Å². The molecule has 0 aliphatic rings. The number of hydrogen-bond acceptors (Lipinski definition) is 7. The highest BCUT2D eigenvalue weighted by atomic mass is 32.2. The zero-order valence-electron chi connectivity index (χ0n) is 15.3. The van der Waals surface area contributed by atoms with Crippen LogP contribution in [-0.2, 0) is 0 Å². The molecule has 1 unspecified atom stereocenters. The van der Waals surface area contributed by atoms with Gasteiger partial charge in [0, 0.05) is 22.4 Å². The number of pyridine rings is 1. The molecule has 2 N–H and O–H groups in total. The van der Waals surface area contributed by atoms with Crippen LogP contribution in [0.1, 0.15) is 42.7 Å². The van der Waals surface area contributed by atoms with E-state index in [0.29, 0.717) is 15.9 Å². The summed E-state index contributed by atoms with van der Waals surface area (Å²) in [7, 11) is 0. The van der Waals surface area contributed by atoms with Gasteiger partial charge in [0.2, 0.25) is 5.13 Å². The second kappa shape index (κ2) is 8.96. The van der Waals surface area contributed by atoms with Crippen LogP contribution in [0.5, 0.6) is 0 Å². The first-order valence-electron chi connectivity index (χ1n) is 8.58. The maximum Gasteiger partial charge on any atom is 0.259 e. The second-order valence-corrected chi connectivity index (χ2v) is 8.71. The Morgan fingerprint density at radius 1 is 1.11 bits per heavy atom. The largest absolute Gasteiger partial charge is 0.364 e. The molecule has 2 heterocycles. The molecule has 1 amide bonds. The van der Waals surface area contributed by atoms with Gasteiger partial charge in [-0.05, 0) is 36.8 Å². The standard InChI is InChI=1S/C19H21N5OS2/c1-12(2)27-16-7-4-14(5-8-16)13(3)22-17-9-6-15(10-20-17)18(25)23-19-24-21-11-26-19/h4-13H,1-3H3,(H,20,22)(H,23,24,25). The molecule has 8 heteroatoms. The van der Waals surface area contributed by atoms with Gasteiger partial charge in [0.05, 0.1) is 5.56 Å². The van der Waals surface area contributed by atoms with Crippen LogP contribution in [0.4, 0.5) is 10.9 Å².